The third kappa shape index (κ3) is 7.25. The molecule has 1 aliphatic heterocycles. The zero-order chi connectivity index (χ0) is 38.7. The number of alkyl halides is 4. The van der Waals surface area contributed by atoms with E-state index < -0.39 is 71.3 Å². The number of nitrogens with two attached hydrogens (primary N) is 1. The van der Waals surface area contributed by atoms with Crippen molar-refractivity contribution in [3.8, 4) is 16.9 Å². The van der Waals surface area contributed by atoms with E-state index in [0.29, 0.717) is 11.3 Å². The minimum Gasteiger partial charge on any atom is -0.463 e. The molecule has 6 rings (SSSR count). The van der Waals surface area contributed by atoms with E-state index in [9.17, 15) is 27.2 Å². The summed E-state index contributed by atoms with van der Waals surface area (Å²) >= 11 is 6.44. The van der Waals surface area contributed by atoms with Crippen molar-refractivity contribution in [3.63, 3.8) is 0 Å². The third-order valence-electron chi connectivity index (χ3n) is 9.67. The number of rotatable bonds is 12. The zero-order valence-electron chi connectivity index (χ0n) is 29.6. The van der Waals surface area contributed by atoms with E-state index in [0.717, 1.165) is 22.8 Å². The summed E-state index contributed by atoms with van der Waals surface area (Å²) in [7, 11) is 1.72. The summed E-state index contributed by atoms with van der Waals surface area (Å²) < 4.78 is 80.7. The monoisotopic (exact) mass is 760 g/mol. The van der Waals surface area contributed by atoms with E-state index in [2.05, 4.69) is 20.2 Å². The van der Waals surface area contributed by atoms with Crippen LogP contribution in [0.1, 0.15) is 82.8 Å². The lowest BCUT2D eigenvalue weighted by atomic mass is 9.75. The predicted octanol–water partition coefficient (Wildman–Crippen LogP) is 7.30. The molecule has 2 N–H and O–H groups in total. The summed E-state index contributed by atoms with van der Waals surface area (Å²) in [5.41, 5.74) is 3.49. The maximum Gasteiger partial charge on any atom is 0.306 e. The van der Waals surface area contributed by atoms with Gasteiger partial charge in [0.05, 0.1) is 28.9 Å². The van der Waals surface area contributed by atoms with Crippen LogP contribution in [0.3, 0.4) is 0 Å². The fourth-order valence-electron chi connectivity index (χ4n) is 6.86. The Morgan fingerprint density at radius 3 is 2.40 bits per heavy atom. The highest BCUT2D eigenvalue weighted by Crippen LogP contribution is 2.59. The van der Waals surface area contributed by atoms with Crippen LogP contribution >= 0.6 is 11.6 Å². The average molecular weight is 761 g/mol. The van der Waals surface area contributed by atoms with Crippen molar-refractivity contribution in [2.75, 3.05) is 6.61 Å². The van der Waals surface area contributed by atoms with Crippen molar-refractivity contribution >= 4 is 29.4 Å². The average Bonchev–Trinajstić information content (AvgIpc) is 3.37. The summed E-state index contributed by atoms with van der Waals surface area (Å²) in [5.74, 6) is -6.66. The molecule has 2 aromatic carbocycles. The van der Waals surface area contributed by atoms with Gasteiger partial charge in [-0.2, -0.15) is 10.2 Å². The topological polar surface area (TPSA) is 134 Å². The first-order chi connectivity index (χ1) is 24.7. The lowest BCUT2D eigenvalue weighted by Gasteiger charge is -2.35. The Balaban J connectivity index is 1.43. The van der Waals surface area contributed by atoms with Crippen LogP contribution in [0.15, 0.2) is 60.0 Å². The highest BCUT2D eigenvalue weighted by molar-refractivity contribution is 6.32. The molecule has 17 heteroatoms. The number of aliphatic imine (C=N–C) groups is 1. The predicted molar refractivity (Wildman–Crippen MR) is 185 cm³/mol. The first-order valence-corrected chi connectivity index (χ1v) is 17.1. The smallest absolute Gasteiger partial charge is 0.306 e. The molecule has 0 spiro atoms. The highest BCUT2D eigenvalue weighted by Gasteiger charge is 2.60. The summed E-state index contributed by atoms with van der Waals surface area (Å²) in [5, 5.41) is 8.21. The number of carbonyl (C=O) groups excluding carboxylic acids is 2. The van der Waals surface area contributed by atoms with Crippen molar-refractivity contribution < 1.29 is 36.3 Å². The van der Waals surface area contributed by atoms with Gasteiger partial charge in [-0.3, -0.25) is 19.2 Å². The molecule has 4 aromatic rings. The Morgan fingerprint density at radius 2 is 1.81 bits per heavy atom. The van der Waals surface area contributed by atoms with Crippen LogP contribution in [0.25, 0.3) is 16.9 Å². The Labute approximate surface area is 307 Å². The molecule has 1 fully saturated rings. The summed E-state index contributed by atoms with van der Waals surface area (Å²) in [4.78, 5) is 37.3. The molecule has 0 saturated heterocycles. The maximum atomic E-state index is 16.3. The Morgan fingerprint density at radius 1 is 1.09 bits per heavy atom. The number of amides is 1. The number of nitrogens with zero attached hydrogens (tertiary/aromatic N) is 7. The number of esters is 1. The van der Waals surface area contributed by atoms with Gasteiger partial charge in [-0.15, -0.1) is 0 Å². The number of halogens is 6. The summed E-state index contributed by atoms with van der Waals surface area (Å²) in [6, 6.07) is 8.89. The number of aromatic nitrogens is 5. The van der Waals surface area contributed by atoms with Crippen LogP contribution in [0.2, 0.25) is 5.02 Å². The van der Waals surface area contributed by atoms with Gasteiger partial charge in [0.2, 0.25) is 0 Å². The largest absolute Gasteiger partial charge is 0.463 e. The van der Waals surface area contributed by atoms with Crippen LogP contribution in [-0.2, 0) is 26.9 Å². The standard InChI is InChI=1S/C36H38ClF5N8O3/c1-33(2,3)18-36(22-8-6-20(14-24(22)38)25-10-13-48(5)47-25)31(52)49(32(43)46-36)27(17-53-28(51)16-35(11-12-35)34(4,41)42)21-7-9-23(37)26(15-21)50-30(29(39)40)44-19-45-50/h6-10,13-15,19,27,29H,11-12,16-18H2,1-5H3,(H2,43,46)/t27-,36-/m1/s1. The van der Waals surface area contributed by atoms with Gasteiger partial charge in [0, 0.05) is 29.8 Å². The molecule has 11 nitrogen and oxygen atoms in total. The van der Waals surface area contributed by atoms with Crippen molar-refractivity contribution in [3.05, 3.63) is 82.8 Å². The molecule has 0 bridgehead atoms. The molecule has 0 radical (unpaired) electrons. The molecular formula is C36H38ClF5N8O3. The molecule has 2 aromatic heterocycles. The van der Waals surface area contributed by atoms with Gasteiger partial charge in [-0.1, -0.05) is 50.6 Å². The van der Waals surface area contributed by atoms with E-state index in [1.807, 2.05) is 20.8 Å². The van der Waals surface area contributed by atoms with Gasteiger partial charge in [-0.05, 0) is 61.4 Å². The van der Waals surface area contributed by atoms with E-state index >= 15 is 4.39 Å². The number of ether oxygens (including phenoxy) is 1. The lowest BCUT2D eigenvalue weighted by molar-refractivity contribution is -0.153. The molecule has 53 heavy (non-hydrogen) atoms. The molecule has 2 atom stereocenters. The van der Waals surface area contributed by atoms with Crippen LogP contribution < -0.4 is 5.73 Å². The summed E-state index contributed by atoms with van der Waals surface area (Å²) in [6.07, 6.45) is -0.737. The number of guanidine groups is 1. The maximum absolute atomic E-state index is 16.3. The quantitative estimate of drug-likeness (QED) is 0.118. The number of aryl methyl sites for hydroxylation is 1. The Bertz CT molecular complexity index is 2080. The normalized spacial score (nSPS) is 19.1. The van der Waals surface area contributed by atoms with Gasteiger partial charge < -0.3 is 10.5 Å². The van der Waals surface area contributed by atoms with Gasteiger partial charge in [0.15, 0.2) is 17.3 Å². The van der Waals surface area contributed by atoms with Gasteiger partial charge in [0.25, 0.3) is 18.3 Å². The third-order valence-corrected chi connectivity index (χ3v) is 9.99. The van der Waals surface area contributed by atoms with Crippen LogP contribution in [0, 0.1) is 16.6 Å². The second kappa shape index (κ2) is 13.5. The molecule has 282 valence electrons. The second-order valence-electron chi connectivity index (χ2n) is 14.9. The number of benzene rings is 2. The Kier molecular flexibility index (Phi) is 9.67. The highest BCUT2D eigenvalue weighted by atomic mass is 35.5. The van der Waals surface area contributed by atoms with Gasteiger partial charge in [0.1, 0.15) is 18.8 Å². The van der Waals surface area contributed by atoms with Crippen LogP contribution in [0.4, 0.5) is 22.0 Å². The number of hydrogen-bond donors (Lipinski definition) is 1. The van der Waals surface area contributed by atoms with E-state index in [4.69, 9.17) is 22.1 Å². The van der Waals surface area contributed by atoms with Crippen LogP contribution in [-0.4, -0.2) is 59.8 Å². The molecular weight excluding hydrogens is 723 g/mol. The summed E-state index contributed by atoms with van der Waals surface area (Å²) in [6.45, 7) is 5.67. The second-order valence-corrected chi connectivity index (χ2v) is 15.3. The Hall–Kier alpha value is -4.86. The van der Waals surface area contributed by atoms with Crippen LogP contribution in [0.5, 0.6) is 0 Å². The minimum absolute atomic E-state index is 0.00993. The molecule has 1 amide bonds. The first kappa shape index (κ1) is 37.9. The van der Waals surface area contributed by atoms with Crippen molar-refractivity contribution in [2.45, 2.75) is 77.3 Å². The molecule has 1 aliphatic carbocycles. The fourth-order valence-corrected chi connectivity index (χ4v) is 7.06. The minimum atomic E-state index is -3.14. The van der Waals surface area contributed by atoms with E-state index in [1.54, 1.807) is 30.1 Å². The van der Waals surface area contributed by atoms with E-state index in [-0.39, 0.29) is 47.1 Å². The fraction of sp³-hybridized carbons (Fsp3) is 0.444. The number of hydrogen-bond acceptors (Lipinski definition) is 8. The van der Waals surface area contributed by atoms with Gasteiger partial charge in [-0.25, -0.2) is 36.6 Å². The zero-order valence-corrected chi connectivity index (χ0v) is 30.3. The van der Waals surface area contributed by atoms with E-state index in [1.165, 1.54) is 30.3 Å². The number of carbonyl (C=O) groups is 2. The van der Waals surface area contributed by atoms with Crippen molar-refractivity contribution in [1.82, 2.24) is 29.4 Å². The molecule has 1 saturated carbocycles. The molecule has 3 heterocycles. The SMILES string of the molecule is Cn1ccc(-c2ccc([C@@]3(CC(C)(C)C)N=C(N)N([C@H](COC(=O)CC4(C(C)(F)F)CC4)c4ccc(Cl)c(-n5ncnc5C(F)F)c4)C3=O)c(F)c2)n1. The van der Waals surface area contributed by atoms with Gasteiger partial charge >= 0.3 is 5.97 Å². The van der Waals surface area contributed by atoms with Crippen molar-refractivity contribution in [2.24, 2.45) is 28.6 Å². The van der Waals surface area contributed by atoms with Crippen molar-refractivity contribution in [1.29, 1.82) is 0 Å². The molecule has 2 aliphatic rings. The molecule has 0 unspecified atom stereocenters. The lowest BCUT2D eigenvalue weighted by Crippen LogP contribution is -2.47. The first-order valence-electron chi connectivity index (χ1n) is 16.8.